The average Bonchev–Trinajstić information content (AvgIpc) is 2.82. The second-order valence-corrected chi connectivity index (χ2v) is 5.50. The van der Waals surface area contributed by atoms with E-state index in [1.165, 1.54) is 12.1 Å². The highest BCUT2D eigenvalue weighted by atomic mass is 79.9. The van der Waals surface area contributed by atoms with Crippen LogP contribution in [-0.4, -0.2) is 25.2 Å². The molecular formula is C12H11BrF4N2O. The van der Waals surface area contributed by atoms with Gasteiger partial charge in [0, 0.05) is 11.0 Å². The molecule has 1 fully saturated rings. The summed E-state index contributed by atoms with van der Waals surface area (Å²) in [6.45, 7) is -0.407. The number of rotatable bonds is 2. The molecule has 1 aromatic rings. The number of hydrogen-bond acceptors (Lipinski definition) is 2. The zero-order chi connectivity index (χ0) is 15.0. The molecule has 1 unspecified atom stereocenters. The third-order valence-corrected chi connectivity index (χ3v) is 3.81. The van der Waals surface area contributed by atoms with E-state index in [4.69, 9.17) is 0 Å². The van der Waals surface area contributed by atoms with E-state index in [0.29, 0.717) is 4.47 Å². The van der Waals surface area contributed by atoms with Gasteiger partial charge in [-0.3, -0.25) is 4.79 Å². The van der Waals surface area contributed by atoms with Gasteiger partial charge in [0.15, 0.2) is 5.41 Å². The Labute approximate surface area is 120 Å². The van der Waals surface area contributed by atoms with Crippen molar-refractivity contribution in [1.82, 2.24) is 5.32 Å². The summed E-state index contributed by atoms with van der Waals surface area (Å²) >= 11 is 3.03. The maximum atomic E-state index is 13.6. The Morgan fingerprint density at radius 2 is 2.10 bits per heavy atom. The van der Waals surface area contributed by atoms with Gasteiger partial charge in [-0.05, 0) is 31.2 Å². The largest absolute Gasteiger partial charge is 0.404 e. The van der Waals surface area contributed by atoms with Gasteiger partial charge in [0.25, 0.3) is 0 Å². The second-order valence-electron chi connectivity index (χ2n) is 4.58. The Balaban J connectivity index is 2.26. The molecular weight excluding hydrogens is 344 g/mol. The number of carbonyl (C=O) groups excluding carboxylic acids is 1. The predicted octanol–water partition coefficient (Wildman–Crippen LogP) is 3.07. The van der Waals surface area contributed by atoms with Gasteiger partial charge in [-0.1, -0.05) is 15.9 Å². The van der Waals surface area contributed by atoms with E-state index in [2.05, 4.69) is 21.2 Å². The minimum atomic E-state index is -4.69. The van der Waals surface area contributed by atoms with Crippen molar-refractivity contribution in [1.29, 1.82) is 0 Å². The lowest BCUT2D eigenvalue weighted by Crippen LogP contribution is -2.49. The molecule has 1 amide bonds. The molecule has 110 valence electrons. The van der Waals surface area contributed by atoms with Crippen LogP contribution in [0.4, 0.5) is 23.2 Å². The molecule has 1 aliphatic heterocycles. The zero-order valence-electron chi connectivity index (χ0n) is 10.2. The van der Waals surface area contributed by atoms with Crippen LogP contribution in [0.15, 0.2) is 22.7 Å². The Morgan fingerprint density at radius 1 is 1.40 bits per heavy atom. The van der Waals surface area contributed by atoms with Crippen LogP contribution < -0.4 is 10.6 Å². The first kappa shape index (κ1) is 15.2. The van der Waals surface area contributed by atoms with E-state index in [1.807, 2.05) is 5.32 Å². The zero-order valence-corrected chi connectivity index (χ0v) is 11.7. The molecule has 0 aromatic heterocycles. The molecule has 1 atom stereocenters. The number of hydrogen-bond donors (Lipinski definition) is 2. The molecule has 1 saturated heterocycles. The lowest BCUT2D eigenvalue weighted by atomic mass is 9.85. The summed E-state index contributed by atoms with van der Waals surface area (Å²) in [6, 6.07) is 3.72. The standard InChI is InChI=1S/C12H11BrF4N2O/c13-7-1-2-9(8(14)5-7)19-10(20)11(12(15,16)17)3-4-18-6-11/h1-2,5,18H,3-4,6H2,(H,19,20). The van der Waals surface area contributed by atoms with Gasteiger partial charge >= 0.3 is 6.18 Å². The molecule has 2 N–H and O–H groups in total. The van der Waals surface area contributed by atoms with Crippen molar-refractivity contribution in [3.05, 3.63) is 28.5 Å². The number of anilines is 1. The molecule has 2 rings (SSSR count). The second kappa shape index (κ2) is 5.33. The van der Waals surface area contributed by atoms with Gasteiger partial charge in [0.2, 0.25) is 5.91 Å². The number of amides is 1. The molecule has 1 heterocycles. The molecule has 0 radical (unpaired) electrons. The molecule has 1 aliphatic rings. The molecule has 20 heavy (non-hydrogen) atoms. The third kappa shape index (κ3) is 2.67. The van der Waals surface area contributed by atoms with Crippen molar-refractivity contribution < 1.29 is 22.4 Å². The highest BCUT2D eigenvalue weighted by Gasteiger charge is 2.61. The van der Waals surface area contributed by atoms with E-state index in [1.54, 1.807) is 0 Å². The van der Waals surface area contributed by atoms with Crippen LogP contribution in [-0.2, 0) is 4.79 Å². The maximum Gasteiger partial charge on any atom is 0.404 e. The minimum absolute atomic E-state index is 0.0930. The van der Waals surface area contributed by atoms with Gasteiger partial charge in [-0.2, -0.15) is 13.2 Å². The maximum absolute atomic E-state index is 13.6. The van der Waals surface area contributed by atoms with Crippen molar-refractivity contribution in [3.8, 4) is 0 Å². The van der Waals surface area contributed by atoms with Crippen LogP contribution in [0.1, 0.15) is 6.42 Å². The van der Waals surface area contributed by atoms with Gasteiger partial charge in [-0.25, -0.2) is 4.39 Å². The van der Waals surface area contributed by atoms with E-state index in [9.17, 15) is 22.4 Å². The van der Waals surface area contributed by atoms with Gasteiger partial charge < -0.3 is 10.6 Å². The fraction of sp³-hybridized carbons (Fsp3) is 0.417. The van der Waals surface area contributed by atoms with Crippen LogP contribution in [0.5, 0.6) is 0 Å². The minimum Gasteiger partial charge on any atom is -0.323 e. The number of benzene rings is 1. The van der Waals surface area contributed by atoms with E-state index < -0.39 is 29.9 Å². The smallest absolute Gasteiger partial charge is 0.323 e. The topological polar surface area (TPSA) is 41.1 Å². The molecule has 0 bridgehead atoms. The summed E-state index contributed by atoms with van der Waals surface area (Å²) in [6.07, 6.45) is -5.05. The van der Waals surface area contributed by atoms with Gasteiger partial charge in [0.05, 0.1) is 5.69 Å². The van der Waals surface area contributed by atoms with Crippen LogP contribution >= 0.6 is 15.9 Å². The molecule has 8 heteroatoms. The first-order valence-corrected chi connectivity index (χ1v) is 6.59. The highest BCUT2D eigenvalue weighted by Crippen LogP contribution is 2.43. The van der Waals surface area contributed by atoms with Gasteiger partial charge in [0.1, 0.15) is 5.82 Å². The van der Waals surface area contributed by atoms with E-state index >= 15 is 0 Å². The normalized spacial score (nSPS) is 22.9. The first-order valence-electron chi connectivity index (χ1n) is 5.80. The van der Waals surface area contributed by atoms with Crippen LogP contribution in [0.3, 0.4) is 0 Å². The predicted molar refractivity (Wildman–Crippen MR) is 68.7 cm³/mol. The Kier molecular flexibility index (Phi) is 4.06. The fourth-order valence-corrected chi connectivity index (χ4v) is 2.42. The summed E-state index contributed by atoms with van der Waals surface area (Å²) < 4.78 is 53.4. The van der Waals surface area contributed by atoms with Crippen LogP contribution in [0.25, 0.3) is 0 Å². The fourth-order valence-electron chi connectivity index (χ4n) is 2.09. The Bertz CT molecular complexity index is 527. The summed E-state index contributed by atoms with van der Waals surface area (Å²) in [4.78, 5) is 12.0. The summed E-state index contributed by atoms with van der Waals surface area (Å²) in [7, 11) is 0. The SMILES string of the molecule is O=C(Nc1ccc(Br)cc1F)C1(C(F)(F)F)CCNC1. The third-order valence-electron chi connectivity index (χ3n) is 3.31. The van der Waals surface area contributed by atoms with Crippen molar-refractivity contribution in [2.75, 3.05) is 18.4 Å². The molecule has 0 saturated carbocycles. The Morgan fingerprint density at radius 3 is 2.60 bits per heavy atom. The lowest BCUT2D eigenvalue weighted by molar-refractivity contribution is -0.213. The number of carbonyl (C=O) groups is 1. The highest BCUT2D eigenvalue weighted by molar-refractivity contribution is 9.10. The van der Waals surface area contributed by atoms with E-state index in [0.717, 1.165) is 6.07 Å². The summed E-state index contributed by atoms with van der Waals surface area (Å²) in [5.74, 6) is -2.03. The van der Waals surface area contributed by atoms with Crippen molar-refractivity contribution in [3.63, 3.8) is 0 Å². The summed E-state index contributed by atoms with van der Waals surface area (Å²) in [5, 5.41) is 4.56. The van der Waals surface area contributed by atoms with Crippen molar-refractivity contribution >= 4 is 27.5 Å². The first-order chi connectivity index (χ1) is 9.26. The molecule has 0 spiro atoms. The van der Waals surface area contributed by atoms with Crippen LogP contribution in [0, 0.1) is 11.2 Å². The number of halogens is 5. The molecule has 0 aliphatic carbocycles. The Hall–Kier alpha value is -1.15. The number of nitrogens with one attached hydrogen (secondary N) is 2. The number of alkyl halides is 3. The molecule has 1 aromatic carbocycles. The van der Waals surface area contributed by atoms with Crippen molar-refractivity contribution in [2.45, 2.75) is 12.6 Å². The van der Waals surface area contributed by atoms with E-state index in [-0.39, 0.29) is 18.7 Å². The average molecular weight is 355 g/mol. The lowest BCUT2D eigenvalue weighted by Gasteiger charge is -2.29. The summed E-state index contributed by atoms with van der Waals surface area (Å²) in [5.41, 5.74) is -2.78. The monoisotopic (exact) mass is 354 g/mol. The van der Waals surface area contributed by atoms with Gasteiger partial charge in [-0.15, -0.1) is 0 Å². The molecule has 3 nitrogen and oxygen atoms in total. The van der Waals surface area contributed by atoms with Crippen molar-refractivity contribution in [2.24, 2.45) is 5.41 Å². The van der Waals surface area contributed by atoms with Crippen LogP contribution in [0.2, 0.25) is 0 Å². The quantitative estimate of drug-likeness (QED) is 0.801.